The quantitative estimate of drug-likeness (QED) is 0.520. The predicted octanol–water partition coefficient (Wildman–Crippen LogP) is 1.93. The summed E-state index contributed by atoms with van der Waals surface area (Å²) in [6, 6.07) is 1.64. The maximum atomic E-state index is 11.9. The highest BCUT2D eigenvalue weighted by atomic mass is 79.9. The molecule has 2 rings (SSSR count). The van der Waals surface area contributed by atoms with Gasteiger partial charge in [-0.1, -0.05) is 11.8 Å². The first-order chi connectivity index (χ1) is 8.65. The Morgan fingerprint density at radius 3 is 2.78 bits per heavy atom. The summed E-state index contributed by atoms with van der Waals surface area (Å²) in [5.41, 5.74) is 5.62. The van der Waals surface area contributed by atoms with Crippen LogP contribution in [0, 0.1) is 0 Å². The van der Waals surface area contributed by atoms with Crippen LogP contribution in [0.15, 0.2) is 15.8 Å². The molecule has 1 aromatic heterocycles. The van der Waals surface area contributed by atoms with Crippen LogP contribution in [0.3, 0.4) is 0 Å². The molecule has 1 saturated heterocycles. The van der Waals surface area contributed by atoms with Crippen molar-refractivity contribution in [3.8, 4) is 0 Å². The number of likely N-dealkylation sites (tertiary alicyclic amines) is 1. The summed E-state index contributed by atoms with van der Waals surface area (Å²) >= 11 is 4.58. The number of carbonyl (C=O) groups is 1. The number of nitrogen functional groups attached to an aromatic ring is 1. The SMILES string of the molecule is Nc1cc(Br)nc(SCC(=O)N2CCCCC2)n1. The van der Waals surface area contributed by atoms with Crippen molar-refractivity contribution >= 4 is 39.4 Å². The minimum Gasteiger partial charge on any atom is -0.384 e. The van der Waals surface area contributed by atoms with Gasteiger partial charge in [0.2, 0.25) is 5.91 Å². The number of carbonyl (C=O) groups excluding carboxylic acids is 1. The molecule has 0 bridgehead atoms. The molecule has 0 unspecified atom stereocenters. The molecule has 1 amide bonds. The van der Waals surface area contributed by atoms with Crippen molar-refractivity contribution in [2.45, 2.75) is 24.4 Å². The third-order valence-electron chi connectivity index (χ3n) is 2.73. The van der Waals surface area contributed by atoms with Crippen molar-refractivity contribution in [1.82, 2.24) is 14.9 Å². The van der Waals surface area contributed by atoms with Gasteiger partial charge < -0.3 is 10.6 Å². The summed E-state index contributed by atoms with van der Waals surface area (Å²) in [5, 5.41) is 0.534. The first kappa shape index (κ1) is 13.6. The Morgan fingerprint density at radius 2 is 2.11 bits per heavy atom. The molecule has 7 heteroatoms. The molecule has 1 aromatic rings. The Morgan fingerprint density at radius 1 is 1.39 bits per heavy atom. The van der Waals surface area contributed by atoms with Crippen LogP contribution < -0.4 is 5.73 Å². The second-order valence-corrected chi connectivity index (χ2v) is 5.88. The van der Waals surface area contributed by atoms with E-state index in [1.54, 1.807) is 6.07 Å². The van der Waals surface area contributed by atoms with Gasteiger partial charge in [0.1, 0.15) is 10.4 Å². The number of rotatable bonds is 3. The lowest BCUT2D eigenvalue weighted by molar-refractivity contribution is -0.129. The smallest absolute Gasteiger partial charge is 0.233 e. The van der Waals surface area contributed by atoms with E-state index in [-0.39, 0.29) is 5.91 Å². The Kier molecular flexibility index (Phi) is 4.82. The number of nitrogens with two attached hydrogens (primary N) is 1. The summed E-state index contributed by atoms with van der Waals surface area (Å²) in [5.74, 6) is 0.933. The lowest BCUT2D eigenvalue weighted by atomic mass is 10.1. The summed E-state index contributed by atoms with van der Waals surface area (Å²) in [6.45, 7) is 1.75. The number of nitrogens with zero attached hydrogens (tertiary/aromatic N) is 3. The zero-order chi connectivity index (χ0) is 13.0. The van der Waals surface area contributed by atoms with Crippen molar-refractivity contribution in [3.63, 3.8) is 0 Å². The highest BCUT2D eigenvalue weighted by Gasteiger charge is 2.17. The molecule has 0 aliphatic carbocycles. The van der Waals surface area contributed by atoms with Gasteiger partial charge in [0.25, 0.3) is 0 Å². The second-order valence-electron chi connectivity index (χ2n) is 4.13. The van der Waals surface area contributed by atoms with Crippen molar-refractivity contribution < 1.29 is 4.79 Å². The van der Waals surface area contributed by atoms with E-state index in [0.29, 0.717) is 21.3 Å². The zero-order valence-electron chi connectivity index (χ0n) is 9.93. The third kappa shape index (κ3) is 3.84. The highest BCUT2D eigenvalue weighted by Crippen LogP contribution is 2.19. The van der Waals surface area contributed by atoms with Crippen molar-refractivity contribution in [2.75, 3.05) is 24.6 Å². The molecule has 5 nitrogen and oxygen atoms in total. The fraction of sp³-hybridized carbons (Fsp3) is 0.545. The lowest BCUT2D eigenvalue weighted by Crippen LogP contribution is -2.36. The fourth-order valence-corrected chi connectivity index (χ4v) is 3.13. The van der Waals surface area contributed by atoms with Gasteiger partial charge in [0.05, 0.1) is 5.75 Å². The molecule has 0 radical (unpaired) electrons. The molecule has 98 valence electrons. The molecule has 18 heavy (non-hydrogen) atoms. The number of hydrogen-bond acceptors (Lipinski definition) is 5. The summed E-state index contributed by atoms with van der Waals surface area (Å²) in [4.78, 5) is 22.1. The van der Waals surface area contributed by atoms with Gasteiger partial charge in [-0.3, -0.25) is 4.79 Å². The van der Waals surface area contributed by atoms with Crippen LogP contribution in [0.2, 0.25) is 0 Å². The van der Waals surface area contributed by atoms with Gasteiger partial charge in [-0.05, 0) is 35.2 Å². The molecule has 0 aromatic carbocycles. The first-order valence-electron chi connectivity index (χ1n) is 5.86. The van der Waals surface area contributed by atoms with E-state index >= 15 is 0 Å². The van der Waals surface area contributed by atoms with E-state index in [9.17, 15) is 4.79 Å². The summed E-state index contributed by atoms with van der Waals surface area (Å²) < 4.78 is 0.642. The largest absolute Gasteiger partial charge is 0.384 e. The molecule has 1 aliphatic rings. The van der Waals surface area contributed by atoms with E-state index in [1.165, 1.54) is 18.2 Å². The Balaban J connectivity index is 1.88. The minimum atomic E-state index is 0.154. The molecule has 0 spiro atoms. The summed E-state index contributed by atoms with van der Waals surface area (Å²) in [6.07, 6.45) is 3.44. The predicted molar refractivity (Wildman–Crippen MR) is 75.3 cm³/mol. The van der Waals surface area contributed by atoms with Gasteiger partial charge in [-0.25, -0.2) is 9.97 Å². The van der Waals surface area contributed by atoms with Gasteiger partial charge in [-0.2, -0.15) is 0 Å². The lowest BCUT2D eigenvalue weighted by Gasteiger charge is -2.26. The Labute approximate surface area is 119 Å². The first-order valence-corrected chi connectivity index (χ1v) is 7.63. The topological polar surface area (TPSA) is 72.1 Å². The Hall–Kier alpha value is -0.820. The van der Waals surface area contributed by atoms with Crippen molar-refractivity contribution in [1.29, 1.82) is 0 Å². The standard InChI is InChI=1S/C11H15BrN4OS/c12-8-6-9(13)15-11(14-8)18-7-10(17)16-4-2-1-3-5-16/h6H,1-5,7H2,(H2,13,14,15). The molecule has 1 fully saturated rings. The van der Waals surface area contributed by atoms with Crippen LogP contribution >= 0.6 is 27.7 Å². The average molecular weight is 331 g/mol. The van der Waals surface area contributed by atoms with Crippen LogP contribution in [-0.2, 0) is 4.79 Å². The van der Waals surface area contributed by atoms with E-state index < -0.39 is 0 Å². The average Bonchev–Trinajstić information content (AvgIpc) is 2.36. The molecular weight excluding hydrogens is 316 g/mol. The van der Waals surface area contributed by atoms with Crippen LogP contribution in [0.25, 0.3) is 0 Å². The maximum absolute atomic E-state index is 11.9. The minimum absolute atomic E-state index is 0.154. The molecular formula is C11H15BrN4OS. The molecule has 1 aliphatic heterocycles. The molecule has 2 N–H and O–H groups in total. The number of thioether (sulfide) groups is 1. The van der Waals surface area contributed by atoms with Crippen molar-refractivity contribution in [3.05, 3.63) is 10.7 Å². The zero-order valence-corrected chi connectivity index (χ0v) is 12.3. The monoisotopic (exact) mass is 330 g/mol. The van der Waals surface area contributed by atoms with Gasteiger partial charge in [-0.15, -0.1) is 0 Å². The van der Waals surface area contributed by atoms with E-state index in [2.05, 4.69) is 25.9 Å². The number of halogens is 1. The van der Waals surface area contributed by atoms with Gasteiger partial charge >= 0.3 is 0 Å². The molecule has 0 atom stereocenters. The third-order valence-corrected chi connectivity index (χ3v) is 3.97. The number of aromatic nitrogens is 2. The number of hydrogen-bond donors (Lipinski definition) is 1. The number of piperidine rings is 1. The van der Waals surface area contributed by atoms with Gasteiger partial charge in [0, 0.05) is 19.2 Å². The molecule has 0 saturated carbocycles. The van der Waals surface area contributed by atoms with Crippen LogP contribution in [0.5, 0.6) is 0 Å². The van der Waals surface area contributed by atoms with Gasteiger partial charge in [0.15, 0.2) is 5.16 Å². The van der Waals surface area contributed by atoms with Crippen LogP contribution in [0.1, 0.15) is 19.3 Å². The molecule has 2 heterocycles. The second kappa shape index (κ2) is 6.38. The fourth-order valence-electron chi connectivity index (χ4n) is 1.84. The van der Waals surface area contributed by atoms with Crippen molar-refractivity contribution in [2.24, 2.45) is 0 Å². The number of amides is 1. The number of anilines is 1. The van der Waals surface area contributed by atoms with E-state index in [0.717, 1.165) is 25.9 Å². The van der Waals surface area contributed by atoms with E-state index in [1.807, 2.05) is 4.90 Å². The Bertz CT molecular complexity index is 417. The van der Waals surface area contributed by atoms with E-state index in [4.69, 9.17) is 5.73 Å². The highest BCUT2D eigenvalue weighted by molar-refractivity contribution is 9.10. The normalized spacial score (nSPS) is 15.7. The van der Waals surface area contributed by atoms with Crippen LogP contribution in [-0.4, -0.2) is 39.6 Å². The summed E-state index contributed by atoms with van der Waals surface area (Å²) in [7, 11) is 0. The maximum Gasteiger partial charge on any atom is 0.233 e. The van der Waals surface area contributed by atoms with Crippen LogP contribution in [0.4, 0.5) is 5.82 Å².